The molecule has 1 aromatic rings. The zero-order chi connectivity index (χ0) is 17.4. The van der Waals surface area contributed by atoms with Crippen LogP contribution in [0.4, 0.5) is 4.79 Å². The van der Waals surface area contributed by atoms with Crippen LogP contribution in [-0.4, -0.2) is 35.8 Å². The Kier molecular flexibility index (Phi) is 6.85. The molecule has 0 bridgehead atoms. The molecule has 132 valence electrons. The molecule has 1 saturated heterocycles. The van der Waals surface area contributed by atoms with Gasteiger partial charge < -0.3 is 14.4 Å². The van der Waals surface area contributed by atoms with Crippen molar-refractivity contribution in [2.45, 2.75) is 58.3 Å². The molecule has 0 spiro atoms. The summed E-state index contributed by atoms with van der Waals surface area (Å²) in [5, 5.41) is 0. The molecular formula is C20H29NO3. The van der Waals surface area contributed by atoms with E-state index < -0.39 is 5.60 Å². The van der Waals surface area contributed by atoms with E-state index in [2.05, 4.69) is 24.3 Å². The van der Waals surface area contributed by atoms with Crippen molar-refractivity contribution in [3.05, 3.63) is 48.0 Å². The van der Waals surface area contributed by atoms with Crippen LogP contribution in [0.1, 0.15) is 45.6 Å². The molecule has 2 rings (SSSR count). The van der Waals surface area contributed by atoms with Gasteiger partial charge in [0.2, 0.25) is 0 Å². The van der Waals surface area contributed by atoms with Crippen LogP contribution in [0.15, 0.2) is 42.5 Å². The number of ether oxygens (including phenoxy) is 2. The average Bonchev–Trinajstić information content (AvgIpc) is 2.99. The molecule has 1 aliphatic rings. The molecule has 0 radical (unpaired) electrons. The average molecular weight is 331 g/mol. The number of hydrogen-bond donors (Lipinski definition) is 0. The van der Waals surface area contributed by atoms with Crippen LogP contribution in [0.25, 0.3) is 0 Å². The minimum absolute atomic E-state index is 0.147. The van der Waals surface area contributed by atoms with Crippen molar-refractivity contribution in [3.63, 3.8) is 0 Å². The number of carbonyl (C=O) groups excluding carboxylic acids is 1. The van der Waals surface area contributed by atoms with E-state index in [-0.39, 0.29) is 12.1 Å². The number of hydrogen-bond acceptors (Lipinski definition) is 3. The maximum absolute atomic E-state index is 12.2. The Labute approximate surface area is 145 Å². The fourth-order valence-corrected chi connectivity index (χ4v) is 2.71. The summed E-state index contributed by atoms with van der Waals surface area (Å²) < 4.78 is 11.1. The van der Waals surface area contributed by atoms with Crippen LogP contribution >= 0.6 is 0 Å². The van der Waals surface area contributed by atoms with Gasteiger partial charge in [0.05, 0.1) is 19.3 Å². The molecule has 24 heavy (non-hydrogen) atoms. The Morgan fingerprint density at radius 3 is 2.75 bits per heavy atom. The predicted octanol–water partition coefficient (Wildman–Crippen LogP) is 4.55. The summed E-state index contributed by atoms with van der Waals surface area (Å²) in [6, 6.07) is 10.3. The zero-order valence-corrected chi connectivity index (χ0v) is 15.0. The largest absolute Gasteiger partial charge is 0.444 e. The first-order chi connectivity index (χ1) is 11.5. The van der Waals surface area contributed by atoms with E-state index in [1.165, 1.54) is 5.56 Å². The highest BCUT2D eigenvalue weighted by molar-refractivity contribution is 5.69. The molecule has 1 amide bonds. The molecule has 4 nitrogen and oxygen atoms in total. The molecule has 0 aliphatic carbocycles. The van der Waals surface area contributed by atoms with E-state index in [0.717, 1.165) is 25.8 Å². The molecule has 1 fully saturated rings. The third-order valence-corrected chi connectivity index (χ3v) is 3.83. The third kappa shape index (κ3) is 6.36. The molecule has 1 aliphatic heterocycles. The maximum Gasteiger partial charge on any atom is 0.410 e. The maximum atomic E-state index is 12.2. The summed E-state index contributed by atoms with van der Waals surface area (Å²) in [4.78, 5) is 14.0. The van der Waals surface area contributed by atoms with Gasteiger partial charge in [-0.15, -0.1) is 0 Å². The van der Waals surface area contributed by atoms with Gasteiger partial charge >= 0.3 is 6.09 Å². The molecule has 0 unspecified atom stereocenters. The Bertz CT molecular complexity index is 534. The van der Waals surface area contributed by atoms with Crippen LogP contribution < -0.4 is 0 Å². The summed E-state index contributed by atoms with van der Waals surface area (Å²) in [5.74, 6) is 0. The smallest absolute Gasteiger partial charge is 0.410 e. The topological polar surface area (TPSA) is 38.8 Å². The minimum Gasteiger partial charge on any atom is -0.444 e. The Hall–Kier alpha value is -1.81. The van der Waals surface area contributed by atoms with E-state index in [0.29, 0.717) is 13.2 Å². The second-order valence-corrected chi connectivity index (χ2v) is 7.14. The summed E-state index contributed by atoms with van der Waals surface area (Å²) in [5.41, 5.74) is 0.743. The molecule has 1 aromatic carbocycles. The van der Waals surface area contributed by atoms with Crippen molar-refractivity contribution in [1.82, 2.24) is 4.90 Å². The van der Waals surface area contributed by atoms with Gasteiger partial charge in [-0.25, -0.2) is 4.79 Å². The fraction of sp³-hybridized carbons (Fsp3) is 0.550. The molecule has 4 heteroatoms. The second kappa shape index (κ2) is 8.88. The van der Waals surface area contributed by atoms with Gasteiger partial charge in [-0.05, 0) is 45.6 Å². The highest BCUT2D eigenvalue weighted by atomic mass is 16.6. The van der Waals surface area contributed by atoms with Crippen LogP contribution in [0.5, 0.6) is 0 Å². The third-order valence-electron chi connectivity index (χ3n) is 3.83. The van der Waals surface area contributed by atoms with Crippen LogP contribution in [0.3, 0.4) is 0 Å². The summed E-state index contributed by atoms with van der Waals surface area (Å²) >= 11 is 0. The number of carbonyl (C=O) groups is 1. The summed E-state index contributed by atoms with van der Waals surface area (Å²) in [6.07, 6.45) is 6.89. The summed E-state index contributed by atoms with van der Waals surface area (Å²) in [7, 11) is 0. The van der Waals surface area contributed by atoms with Crippen molar-refractivity contribution in [1.29, 1.82) is 0 Å². The van der Waals surface area contributed by atoms with E-state index in [9.17, 15) is 4.79 Å². The molecule has 0 N–H and O–H groups in total. The first-order valence-electron chi connectivity index (χ1n) is 8.74. The molecule has 1 atom stereocenters. The lowest BCUT2D eigenvalue weighted by atomic mass is 10.2. The Balaban J connectivity index is 1.69. The van der Waals surface area contributed by atoms with E-state index >= 15 is 0 Å². The minimum atomic E-state index is -0.445. The van der Waals surface area contributed by atoms with Gasteiger partial charge in [-0.3, -0.25) is 0 Å². The van der Waals surface area contributed by atoms with Gasteiger partial charge in [-0.2, -0.15) is 0 Å². The monoisotopic (exact) mass is 331 g/mol. The van der Waals surface area contributed by atoms with Gasteiger partial charge in [0.25, 0.3) is 0 Å². The Morgan fingerprint density at radius 1 is 1.29 bits per heavy atom. The molecular weight excluding hydrogens is 302 g/mol. The highest BCUT2D eigenvalue weighted by Crippen LogP contribution is 2.21. The molecule has 0 aromatic heterocycles. The van der Waals surface area contributed by atoms with Crippen molar-refractivity contribution in [2.24, 2.45) is 0 Å². The van der Waals surface area contributed by atoms with Gasteiger partial charge in [0.15, 0.2) is 0 Å². The lowest BCUT2D eigenvalue weighted by molar-refractivity contribution is 0.0255. The normalized spacial score (nSPS) is 18.3. The number of nitrogens with zero attached hydrogens (tertiary/aromatic N) is 1. The van der Waals surface area contributed by atoms with E-state index in [1.54, 1.807) is 0 Å². The molecule has 0 saturated carbocycles. The van der Waals surface area contributed by atoms with Crippen molar-refractivity contribution in [2.75, 3.05) is 13.2 Å². The van der Waals surface area contributed by atoms with Crippen LogP contribution in [0.2, 0.25) is 0 Å². The quantitative estimate of drug-likeness (QED) is 0.567. The van der Waals surface area contributed by atoms with Gasteiger partial charge in [-0.1, -0.05) is 42.5 Å². The number of benzene rings is 1. The standard InChI is InChI=1S/C20H29NO3/c1-20(2,3)24-19(22)21-14-9-13-18(21)12-7-8-15-23-16-17-10-5-4-6-11-17/h4-7,10-12,18H,8-9,13-16H2,1-3H3/b12-7+/t18-/m1/s1. The number of rotatable bonds is 6. The first-order valence-corrected chi connectivity index (χ1v) is 8.74. The van der Waals surface area contributed by atoms with Crippen LogP contribution in [0, 0.1) is 0 Å². The first kappa shape index (κ1) is 18.5. The van der Waals surface area contributed by atoms with E-state index in [4.69, 9.17) is 9.47 Å². The Morgan fingerprint density at radius 2 is 2.04 bits per heavy atom. The van der Waals surface area contributed by atoms with E-state index in [1.807, 2.05) is 43.9 Å². The van der Waals surface area contributed by atoms with Crippen molar-refractivity contribution < 1.29 is 14.3 Å². The van der Waals surface area contributed by atoms with Crippen LogP contribution in [-0.2, 0) is 16.1 Å². The second-order valence-electron chi connectivity index (χ2n) is 7.14. The zero-order valence-electron chi connectivity index (χ0n) is 15.0. The van der Waals surface area contributed by atoms with Gasteiger partial charge in [0, 0.05) is 6.54 Å². The fourth-order valence-electron chi connectivity index (χ4n) is 2.71. The molecule has 1 heterocycles. The summed E-state index contributed by atoms with van der Waals surface area (Å²) in [6.45, 7) is 7.79. The lowest BCUT2D eigenvalue weighted by Crippen LogP contribution is -2.39. The van der Waals surface area contributed by atoms with Gasteiger partial charge in [0.1, 0.15) is 5.60 Å². The number of amides is 1. The highest BCUT2D eigenvalue weighted by Gasteiger charge is 2.30. The van der Waals surface area contributed by atoms with Crippen molar-refractivity contribution >= 4 is 6.09 Å². The predicted molar refractivity (Wildman–Crippen MR) is 95.8 cm³/mol. The van der Waals surface area contributed by atoms with Crippen molar-refractivity contribution in [3.8, 4) is 0 Å². The number of likely N-dealkylation sites (tertiary alicyclic amines) is 1. The lowest BCUT2D eigenvalue weighted by Gasteiger charge is -2.27. The SMILES string of the molecule is CC(C)(C)OC(=O)N1CCC[C@H]1/C=C/CCOCc1ccccc1.